The summed E-state index contributed by atoms with van der Waals surface area (Å²) in [7, 11) is 0. The summed E-state index contributed by atoms with van der Waals surface area (Å²) in [6.07, 6.45) is 1.11. The zero-order valence-corrected chi connectivity index (χ0v) is 20.3. The Hall–Kier alpha value is -3.67. The summed E-state index contributed by atoms with van der Waals surface area (Å²) in [5.74, 6) is -0.772. The number of hydrogen-bond donors (Lipinski definition) is 2. The van der Waals surface area contributed by atoms with E-state index in [9.17, 15) is 14.7 Å². The maximum absolute atomic E-state index is 12.9. The number of aromatic nitrogens is 1. The molecule has 1 aliphatic heterocycles. The second kappa shape index (κ2) is 10.3. The molecule has 1 fully saturated rings. The predicted molar refractivity (Wildman–Crippen MR) is 135 cm³/mol. The highest BCUT2D eigenvalue weighted by Crippen LogP contribution is 2.42. The van der Waals surface area contributed by atoms with E-state index in [1.165, 1.54) is 0 Å². The van der Waals surface area contributed by atoms with Gasteiger partial charge in [0.15, 0.2) is 0 Å². The number of cyclic esters (lactones) is 1. The number of carbonyl (C=O) groups is 2. The van der Waals surface area contributed by atoms with E-state index in [2.05, 4.69) is 31.1 Å². The van der Waals surface area contributed by atoms with Crippen molar-refractivity contribution in [2.45, 2.75) is 51.7 Å². The number of rotatable bonds is 7. The van der Waals surface area contributed by atoms with Gasteiger partial charge in [-0.1, -0.05) is 81.4 Å². The average molecular weight is 473 g/mol. The van der Waals surface area contributed by atoms with Gasteiger partial charge in [-0.15, -0.1) is 0 Å². The molecule has 2 unspecified atom stereocenters. The standard InChI is InChI=1S/C29H32N2O4/c1-29(2,3)25(21-9-5-4-6-10-21)26(31-28(33)34)24-18-22(27(32)35-24)17-19-12-14-20(15-13-19)23-11-7-8-16-30-23/h4-16,22,24-26,31H,17-18H2,1-3H3,(H,33,34)/t22?,24-,25?,26+/m0/s1. The van der Waals surface area contributed by atoms with Crippen molar-refractivity contribution in [3.8, 4) is 11.3 Å². The fourth-order valence-electron chi connectivity index (χ4n) is 5.13. The van der Waals surface area contributed by atoms with Crippen LogP contribution in [0.3, 0.4) is 0 Å². The molecule has 2 aromatic carbocycles. The first kappa shape index (κ1) is 24.5. The smallest absolute Gasteiger partial charge is 0.405 e. The third kappa shape index (κ3) is 5.88. The topological polar surface area (TPSA) is 88.5 Å². The average Bonchev–Trinajstić information content (AvgIpc) is 3.19. The Kier molecular flexibility index (Phi) is 7.20. The molecule has 1 saturated heterocycles. The Bertz CT molecular complexity index is 1140. The van der Waals surface area contributed by atoms with Crippen molar-refractivity contribution in [2.24, 2.45) is 11.3 Å². The molecule has 35 heavy (non-hydrogen) atoms. The highest BCUT2D eigenvalue weighted by molar-refractivity contribution is 5.75. The zero-order chi connectivity index (χ0) is 25.0. The van der Waals surface area contributed by atoms with Gasteiger partial charge in [-0.05, 0) is 35.1 Å². The summed E-state index contributed by atoms with van der Waals surface area (Å²) < 4.78 is 5.83. The number of ether oxygens (including phenoxy) is 1. The number of nitrogens with one attached hydrogen (secondary N) is 1. The number of carbonyl (C=O) groups excluding carboxylic acids is 1. The van der Waals surface area contributed by atoms with Crippen LogP contribution in [-0.4, -0.2) is 34.3 Å². The molecule has 0 bridgehead atoms. The molecule has 1 aliphatic rings. The summed E-state index contributed by atoms with van der Waals surface area (Å²) in [6, 6.07) is 23.1. The van der Waals surface area contributed by atoms with Crippen LogP contribution in [0.5, 0.6) is 0 Å². The largest absolute Gasteiger partial charge is 0.465 e. The second-order valence-corrected chi connectivity index (χ2v) is 10.3. The fourth-order valence-corrected chi connectivity index (χ4v) is 5.13. The van der Waals surface area contributed by atoms with Gasteiger partial charge in [-0.25, -0.2) is 4.79 Å². The molecule has 6 heteroatoms. The lowest BCUT2D eigenvalue weighted by molar-refractivity contribution is -0.145. The van der Waals surface area contributed by atoms with E-state index in [4.69, 9.17) is 4.74 Å². The molecular formula is C29H32N2O4. The van der Waals surface area contributed by atoms with Crippen LogP contribution in [0, 0.1) is 11.3 Å². The number of esters is 1. The van der Waals surface area contributed by atoms with Gasteiger partial charge in [0.1, 0.15) is 6.10 Å². The van der Waals surface area contributed by atoms with Crippen molar-refractivity contribution < 1.29 is 19.4 Å². The summed E-state index contributed by atoms with van der Waals surface area (Å²) in [5, 5.41) is 12.3. The number of pyridine rings is 1. The lowest BCUT2D eigenvalue weighted by atomic mass is 9.70. The summed E-state index contributed by atoms with van der Waals surface area (Å²) in [5.41, 5.74) is 3.70. The normalized spacial score (nSPS) is 19.6. The number of nitrogens with zero attached hydrogens (tertiary/aromatic N) is 1. The van der Waals surface area contributed by atoms with Crippen LogP contribution < -0.4 is 5.32 Å². The summed E-state index contributed by atoms with van der Waals surface area (Å²) in [4.78, 5) is 29.0. The van der Waals surface area contributed by atoms with Gasteiger partial charge in [0.25, 0.3) is 0 Å². The van der Waals surface area contributed by atoms with Gasteiger partial charge in [-0.3, -0.25) is 9.78 Å². The van der Waals surface area contributed by atoms with Crippen LogP contribution in [0.1, 0.15) is 44.2 Å². The SMILES string of the molecule is CC(C)(C)C(c1ccccc1)[C@H](NC(=O)O)[C@@H]1CC(Cc2ccc(-c3ccccn3)cc2)C(=O)O1. The number of amides is 1. The second-order valence-electron chi connectivity index (χ2n) is 10.3. The van der Waals surface area contributed by atoms with Crippen molar-refractivity contribution in [3.63, 3.8) is 0 Å². The molecule has 4 rings (SSSR count). The Labute approximate surface area is 206 Å². The third-order valence-electron chi connectivity index (χ3n) is 6.66. The van der Waals surface area contributed by atoms with Crippen LogP contribution in [-0.2, 0) is 16.0 Å². The monoisotopic (exact) mass is 472 g/mol. The van der Waals surface area contributed by atoms with E-state index >= 15 is 0 Å². The van der Waals surface area contributed by atoms with Gasteiger partial charge in [0, 0.05) is 24.1 Å². The lowest BCUT2D eigenvalue weighted by Gasteiger charge is -2.39. The van der Waals surface area contributed by atoms with Crippen LogP contribution in [0.2, 0.25) is 0 Å². The Morgan fingerprint density at radius 1 is 1.06 bits per heavy atom. The quantitative estimate of drug-likeness (QED) is 0.431. The van der Waals surface area contributed by atoms with Gasteiger partial charge < -0.3 is 15.2 Å². The van der Waals surface area contributed by atoms with E-state index in [1.54, 1.807) is 6.20 Å². The van der Waals surface area contributed by atoms with E-state index in [0.29, 0.717) is 12.8 Å². The van der Waals surface area contributed by atoms with E-state index in [1.807, 2.05) is 72.8 Å². The zero-order valence-electron chi connectivity index (χ0n) is 20.3. The Balaban J connectivity index is 1.53. The van der Waals surface area contributed by atoms with Crippen LogP contribution in [0.4, 0.5) is 4.79 Å². The van der Waals surface area contributed by atoms with Crippen LogP contribution in [0.25, 0.3) is 11.3 Å². The van der Waals surface area contributed by atoms with Crippen LogP contribution in [0.15, 0.2) is 79.0 Å². The molecule has 0 aliphatic carbocycles. The maximum Gasteiger partial charge on any atom is 0.405 e. The fraction of sp³-hybridized carbons (Fsp3) is 0.345. The van der Waals surface area contributed by atoms with Gasteiger partial charge >= 0.3 is 12.1 Å². The van der Waals surface area contributed by atoms with E-state index < -0.39 is 18.2 Å². The first-order chi connectivity index (χ1) is 16.7. The van der Waals surface area contributed by atoms with Crippen molar-refractivity contribution in [2.75, 3.05) is 0 Å². The molecule has 2 heterocycles. The van der Waals surface area contributed by atoms with Crippen molar-refractivity contribution in [1.82, 2.24) is 10.3 Å². The minimum absolute atomic E-state index is 0.172. The molecule has 182 valence electrons. The molecule has 3 aromatic rings. The molecule has 4 atom stereocenters. The highest BCUT2D eigenvalue weighted by atomic mass is 16.6. The number of hydrogen-bond acceptors (Lipinski definition) is 4. The van der Waals surface area contributed by atoms with Crippen molar-refractivity contribution in [1.29, 1.82) is 0 Å². The molecule has 6 nitrogen and oxygen atoms in total. The molecule has 1 aromatic heterocycles. The van der Waals surface area contributed by atoms with Gasteiger partial charge in [-0.2, -0.15) is 0 Å². The summed E-state index contributed by atoms with van der Waals surface area (Å²) in [6.45, 7) is 6.25. The van der Waals surface area contributed by atoms with Crippen LogP contribution >= 0.6 is 0 Å². The molecule has 2 N–H and O–H groups in total. The lowest BCUT2D eigenvalue weighted by Crippen LogP contribution is -2.50. The Morgan fingerprint density at radius 2 is 1.74 bits per heavy atom. The molecular weight excluding hydrogens is 440 g/mol. The predicted octanol–water partition coefficient (Wildman–Crippen LogP) is 5.69. The Morgan fingerprint density at radius 3 is 2.34 bits per heavy atom. The van der Waals surface area contributed by atoms with Gasteiger partial charge in [0.2, 0.25) is 0 Å². The summed E-state index contributed by atoms with van der Waals surface area (Å²) >= 11 is 0. The minimum Gasteiger partial charge on any atom is -0.465 e. The van der Waals surface area contributed by atoms with Gasteiger partial charge in [0.05, 0.1) is 17.7 Å². The van der Waals surface area contributed by atoms with Crippen molar-refractivity contribution >= 4 is 12.1 Å². The molecule has 0 spiro atoms. The number of carboxylic acid groups (broad SMARTS) is 1. The number of benzene rings is 2. The van der Waals surface area contributed by atoms with Crippen molar-refractivity contribution in [3.05, 3.63) is 90.1 Å². The molecule has 1 amide bonds. The molecule has 0 saturated carbocycles. The highest BCUT2D eigenvalue weighted by Gasteiger charge is 2.46. The molecule has 0 radical (unpaired) electrons. The minimum atomic E-state index is -1.12. The maximum atomic E-state index is 12.9. The van der Waals surface area contributed by atoms with E-state index in [-0.39, 0.29) is 23.2 Å². The first-order valence-electron chi connectivity index (χ1n) is 12.0. The third-order valence-corrected chi connectivity index (χ3v) is 6.66. The first-order valence-corrected chi connectivity index (χ1v) is 12.0. The van der Waals surface area contributed by atoms with E-state index in [0.717, 1.165) is 22.4 Å².